The molecule has 0 aliphatic heterocycles. The van der Waals surface area contributed by atoms with Crippen LogP contribution in [0.4, 0.5) is 0 Å². The van der Waals surface area contributed by atoms with Gasteiger partial charge in [-0.05, 0) is 18.6 Å². The first-order valence-corrected chi connectivity index (χ1v) is 5.93. The van der Waals surface area contributed by atoms with Crippen LogP contribution in [0.15, 0.2) is 0 Å². The highest BCUT2D eigenvalue weighted by atomic mass is 32.2. The van der Waals surface area contributed by atoms with E-state index in [4.69, 9.17) is 5.11 Å². The van der Waals surface area contributed by atoms with E-state index in [1.54, 1.807) is 0 Å². The Morgan fingerprint density at radius 3 is 2.64 bits per heavy atom. The zero-order chi connectivity index (χ0) is 11.0. The lowest BCUT2D eigenvalue weighted by molar-refractivity contribution is -0.137. The van der Waals surface area contributed by atoms with Gasteiger partial charge < -0.3 is 10.4 Å². The SMILES string of the molecule is CSCC(=O)NCC(C)CCC(=O)O. The van der Waals surface area contributed by atoms with Crippen LogP contribution >= 0.6 is 11.8 Å². The first-order chi connectivity index (χ1) is 6.56. The van der Waals surface area contributed by atoms with Crippen molar-refractivity contribution in [2.24, 2.45) is 5.92 Å². The van der Waals surface area contributed by atoms with Gasteiger partial charge in [0.15, 0.2) is 0 Å². The molecule has 0 rings (SSSR count). The normalized spacial score (nSPS) is 12.1. The minimum atomic E-state index is -0.785. The summed E-state index contributed by atoms with van der Waals surface area (Å²) in [6.45, 7) is 2.50. The summed E-state index contributed by atoms with van der Waals surface area (Å²) in [5.41, 5.74) is 0. The second-order valence-corrected chi connectivity index (χ2v) is 4.14. The molecule has 0 aliphatic rings. The molecule has 0 aromatic heterocycles. The molecule has 1 unspecified atom stereocenters. The molecule has 5 heteroatoms. The molecular formula is C9H17NO3S. The Balaban J connectivity index is 3.48. The van der Waals surface area contributed by atoms with Gasteiger partial charge in [-0.2, -0.15) is 11.8 Å². The minimum absolute atomic E-state index is 0.0136. The van der Waals surface area contributed by atoms with Crippen LogP contribution in [0.5, 0.6) is 0 Å². The Hall–Kier alpha value is -0.710. The van der Waals surface area contributed by atoms with E-state index in [1.165, 1.54) is 11.8 Å². The van der Waals surface area contributed by atoms with Crippen molar-refractivity contribution in [2.75, 3.05) is 18.6 Å². The zero-order valence-electron chi connectivity index (χ0n) is 8.58. The van der Waals surface area contributed by atoms with Crippen molar-refractivity contribution in [1.29, 1.82) is 0 Å². The molecule has 1 amide bonds. The second-order valence-electron chi connectivity index (χ2n) is 3.27. The van der Waals surface area contributed by atoms with Gasteiger partial charge >= 0.3 is 5.97 Å². The Bertz CT molecular complexity index is 196. The lowest BCUT2D eigenvalue weighted by atomic mass is 10.1. The van der Waals surface area contributed by atoms with Gasteiger partial charge in [0.1, 0.15) is 0 Å². The maximum Gasteiger partial charge on any atom is 0.303 e. The number of aliphatic carboxylic acids is 1. The van der Waals surface area contributed by atoms with Crippen LogP contribution in [0.1, 0.15) is 19.8 Å². The molecule has 0 aromatic carbocycles. The van der Waals surface area contributed by atoms with Gasteiger partial charge in [0.2, 0.25) is 5.91 Å². The topological polar surface area (TPSA) is 66.4 Å². The van der Waals surface area contributed by atoms with E-state index in [9.17, 15) is 9.59 Å². The van der Waals surface area contributed by atoms with Crippen LogP contribution in [0.3, 0.4) is 0 Å². The van der Waals surface area contributed by atoms with Crippen molar-refractivity contribution in [3.05, 3.63) is 0 Å². The number of rotatable bonds is 7. The molecule has 14 heavy (non-hydrogen) atoms. The van der Waals surface area contributed by atoms with E-state index < -0.39 is 5.97 Å². The number of carbonyl (C=O) groups excluding carboxylic acids is 1. The van der Waals surface area contributed by atoms with E-state index in [2.05, 4.69) is 5.32 Å². The molecule has 0 saturated carbocycles. The Labute approximate surface area is 88.4 Å². The van der Waals surface area contributed by atoms with Crippen LogP contribution in [-0.4, -0.2) is 35.5 Å². The van der Waals surface area contributed by atoms with Gasteiger partial charge in [0.05, 0.1) is 5.75 Å². The number of carboxylic acids is 1. The molecule has 4 nitrogen and oxygen atoms in total. The van der Waals surface area contributed by atoms with Gasteiger partial charge in [-0.3, -0.25) is 9.59 Å². The smallest absolute Gasteiger partial charge is 0.303 e. The Kier molecular flexibility index (Phi) is 7.28. The standard InChI is InChI=1S/C9H17NO3S/c1-7(3-4-9(12)13)5-10-8(11)6-14-2/h7H,3-6H2,1-2H3,(H,10,11)(H,12,13). The molecule has 0 heterocycles. The largest absolute Gasteiger partial charge is 0.481 e. The summed E-state index contributed by atoms with van der Waals surface area (Å²) in [7, 11) is 0. The molecule has 0 aliphatic carbocycles. The molecule has 0 fully saturated rings. The van der Waals surface area contributed by atoms with Crippen LogP contribution in [0.25, 0.3) is 0 Å². The Morgan fingerprint density at radius 1 is 1.50 bits per heavy atom. The number of amides is 1. The maximum atomic E-state index is 11.0. The third kappa shape index (κ3) is 7.91. The summed E-state index contributed by atoms with van der Waals surface area (Å²) in [4.78, 5) is 21.3. The molecule has 1 atom stereocenters. The number of hydrogen-bond donors (Lipinski definition) is 2. The van der Waals surface area contributed by atoms with Gasteiger partial charge in [0.25, 0.3) is 0 Å². The van der Waals surface area contributed by atoms with E-state index in [-0.39, 0.29) is 18.2 Å². The van der Waals surface area contributed by atoms with Crippen LogP contribution in [0, 0.1) is 5.92 Å². The van der Waals surface area contributed by atoms with Crippen molar-refractivity contribution in [1.82, 2.24) is 5.32 Å². The Morgan fingerprint density at radius 2 is 2.14 bits per heavy atom. The summed E-state index contributed by atoms with van der Waals surface area (Å²) in [5.74, 6) is -0.0880. The van der Waals surface area contributed by atoms with E-state index >= 15 is 0 Å². The van der Waals surface area contributed by atoms with E-state index in [0.29, 0.717) is 18.7 Å². The van der Waals surface area contributed by atoms with Crippen molar-refractivity contribution < 1.29 is 14.7 Å². The maximum absolute atomic E-state index is 11.0. The van der Waals surface area contributed by atoms with Gasteiger partial charge in [0, 0.05) is 13.0 Å². The lowest BCUT2D eigenvalue weighted by Gasteiger charge is -2.10. The summed E-state index contributed by atoms with van der Waals surface area (Å²) >= 11 is 1.47. The lowest BCUT2D eigenvalue weighted by Crippen LogP contribution is -2.29. The van der Waals surface area contributed by atoms with Gasteiger partial charge in [-0.25, -0.2) is 0 Å². The van der Waals surface area contributed by atoms with Crippen molar-refractivity contribution in [3.8, 4) is 0 Å². The molecule has 0 bridgehead atoms. The van der Waals surface area contributed by atoms with Crippen molar-refractivity contribution >= 4 is 23.6 Å². The molecule has 0 saturated heterocycles. The highest BCUT2D eigenvalue weighted by Crippen LogP contribution is 2.03. The predicted octanol–water partition coefficient (Wildman–Crippen LogP) is 0.967. The van der Waals surface area contributed by atoms with E-state index in [1.807, 2.05) is 13.2 Å². The average Bonchev–Trinajstić information content (AvgIpc) is 2.12. The average molecular weight is 219 g/mol. The number of nitrogens with one attached hydrogen (secondary N) is 1. The molecule has 0 aromatic rings. The monoisotopic (exact) mass is 219 g/mol. The fraction of sp³-hybridized carbons (Fsp3) is 0.778. The third-order valence-corrected chi connectivity index (χ3v) is 2.32. The zero-order valence-corrected chi connectivity index (χ0v) is 9.39. The molecular weight excluding hydrogens is 202 g/mol. The van der Waals surface area contributed by atoms with Gasteiger partial charge in [-0.15, -0.1) is 0 Å². The number of hydrogen-bond acceptors (Lipinski definition) is 3. The van der Waals surface area contributed by atoms with Crippen molar-refractivity contribution in [3.63, 3.8) is 0 Å². The highest BCUT2D eigenvalue weighted by molar-refractivity contribution is 7.99. The van der Waals surface area contributed by atoms with Crippen LogP contribution in [-0.2, 0) is 9.59 Å². The first-order valence-electron chi connectivity index (χ1n) is 4.53. The minimum Gasteiger partial charge on any atom is -0.481 e. The second kappa shape index (κ2) is 7.67. The molecule has 0 radical (unpaired) electrons. The fourth-order valence-electron chi connectivity index (χ4n) is 0.942. The third-order valence-electron chi connectivity index (χ3n) is 1.77. The van der Waals surface area contributed by atoms with Crippen LogP contribution < -0.4 is 5.32 Å². The summed E-state index contributed by atoms with van der Waals surface area (Å²) in [6, 6.07) is 0. The molecule has 2 N–H and O–H groups in total. The fourth-order valence-corrected chi connectivity index (χ4v) is 1.31. The highest BCUT2D eigenvalue weighted by Gasteiger charge is 2.06. The summed E-state index contributed by atoms with van der Waals surface area (Å²) in [6.07, 6.45) is 2.64. The molecule has 82 valence electrons. The summed E-state index contributed by atoms with van der Waals surface area (Å²) < 4.78 is 0. The first kappa shape index (κ1) is 13.3. The quantitative estimate of drug-likeness (QED) is 0.669. The van der Waals surface area contributed by atoms with Crippen LogP contribution in [0.2, 0.25) is 0 Å². The number of carboxylic acid groups (broad SMARTS) is 1. The molecule has 0 spiro atoms. The van der Waals surface area contributed by atoms with E-state index in [0.717, 1.165) is 0 Å². The number of thioether (sulfide) groups is 1. The van der Waals surface area contributed by atoms with Gasteiger partial charge in [-0.1, -0.05) is 6.92 Å². The number of carbonyl (C=O) groups is 2. The summed E-state index contributed by atoms with van der Waals surface area (Å²) in [5, 5.41) is 11.2. The van der Waals surface area contributed by atoms with Crippen molar-refractivity contribution in [2.45, 2.75) is 19.8 Å². The predicted molar refractivity (Wildman–Crippen MR) is 57.4 cm³/mol.